The molecule has 0 aliphatic carbocycles. The van der Waals surface area contributed by atoms with Gasteiger partial charge in [0.05, 0.1) is 0 Å². The lowest BCUT2D eigenvalue weighted by molar-refractivity contribution is 1.02. The summed E-state index contributed by atoms with van der Waals surface area (Å²) in [7, 11) is 0. The molecule has 0 unspecified atom stereocenters. The number of anilines is 2. The van der Waals surface area contributed by atoms with Gasteiger partial charge in [-0.05, 0) is 30.7 Å². The Kier molecular flexibility index (Phi) is 1.96. The first-order valence-corrected chi connectivity index (χ1v) is 4.42. The second-order valence-corrected chi connectivity index (χ2v) is 3.33. The van der Waals surface area contributed by atoms with Gasteiger partial charge in [-0.3, -0.25) is 0 Å². The minimum atomic E-state index is 0.182. The standard InChI is InChI=1S/C9H12N6/c1-5-4-6(10)2-3-7(5)8-13-14-9(11)15(8)12/h2-4H,10,12H2,1H3,(H2,11,14). The Hall–Kier alpha value is -2.24. The van der Waals surface area contributed by atoms with Crippen LogP contribution in [-0.2, 0) is 0 Å². The van der Waals surface area contributed by atoms with Crippen molar-refractivity contribution in [3.8, 4) is 11.4 Å². The molecule has 0 saturated heterocycles. The Labute approximate surface area is 86.7 Å². The smallest absolute Gasteiger partial charge is 0.241 e. The SMILES string of the molecule is Cc1cc(N)ccc1-c1nnc(N)n1N. The molecule has 6 nitrogen and oxygen atoms in total. The van der Waals surface area contributed by atoms with Crippen molar-refractivity contribution in [1.29, 1.82) is 0 Å². The van der Waals surface area contributed by atoms with E-state index in [2.05, 4.69) is 10.2 Å². The van der Waals surface area contributed by atoms with Crippen LogP contribution in [0.3, 0.4) is 0 Å². The number of nitrogens with two attached hydrogens (primary N) is 3. The highest BCUT2D eigenvalue weighted by Gasteiger charge is 2.11. The number of hydrogen-bond acceptors (Lipinski definition) is 5. The summed E-state index contributed by atoms with van der Waals surface area (Å²) >= 11 is 0. The van der Waals surface area contributed by atoms with Gasteiger partial charge in [-0.1, -0.05) is 0 Å². The van der Waals surface area contributed by atoms with E-state index in [9.17, 15) is 0 Å². The first kappa shape index (κ1) is 9.32. The van der Waals surface area contributed by atoms with Crippen molar-refractivity contribution in [2.75, 3.05) is 17.3 Å². The number of aromatic nitrogens is 3. The maximum atomic E-state index is 5.68. The molecule has 1 aromatic carbocycles. The zero-order valence-electron chi connectivity index (χ0n) is 8.31. The van der Waals surface area contributed by atoms with Crippen LogP contribution in [0.1, 0.15) is 5.56 Å². The normalized spacial score (nSPS) is 10.5. The van der Waals surface area contributed by atoms with E-state index >= 15 is 0 Å². The minimum Gasteiger partial charge on any atom is -0.399 e. The van der Waals surface area contributed by atoms with Gasteiger partial charge in [0.1, 0.15) is 0 Å². The molecule has 0 aliphatic rings. The van der Waals surface area contributed by atoms with Gasteiger partial charge in [0.2, 0.25) is 5.95 Å². The van der Waals surface area contributed by atoms with E-state index in [1.807, 2.05) is 19.1 Å². The van der Waals surface area contributed by atoms with Gasteiger partial charge in [0.25, 0.3) is 0 Å². The lowest BCUT2D eigenvalue weighted by atomic mass is 10.1. The van der Waals surface area contributed by atoms with Gasteiger partial charge in [-0.15, -0.1) is 10.2 Å². The Morgan fingerprint density at radius 2 is 1.93 bits per heavy atom. The Morgan fingerprint density at radius 1 is 1.20 bits per heavy atom. The van der Waals surface area contributed by atoms with Crippen molar-refractivity contribution in [2.45, 2.75) is 6.92 Å². The van der Waals surface area contributed by atoms with Crippen molar-refractivity contribution in [2.24, 2.45) is 0 Å². The lowest BCUT2D eigenvalue weighted by Crippen LogP contribution is -2.13. The highest BCUT2D eigenvalue weighted by molar-refractivity contribution is 5.64. The number of nitrogen functional groups attached to an aromatic ring is 3. The summed E-state index contributed by atoms with van der Waals surface area (Å²) in [6, 6.07) is 5.48. The van der Waals surface area contributed by atoms with Crippen molar-refractivity contribution < 1.29 is 0 Å². The minimum absolute atomic E-state index is 0.182. The molecule has 2 aromatic rings. The summed E-state index contributed by atoms with van der Waals surface area (Å²) < 4.78 is 1.25. The predicted octanol–water partition coefficient (Wildman–Crippen LogP) is 0.132. The van der Waals surface area contributed by atoms with E-state index in [-0.39, 0.29) is 5.95 Å². The van der Waals surface area contributed by atoms with Crippen LogP contribution < -0.4 is 17.3 Å². The van der Waals surface area contributed by atoms with Crippen molar-refractivity contribution >= 4 is 11.6 Å². The van der Waals surface area contributed by atoms with Crippen LogP contribution >= 0.6 is 0 Å². The first-order chi connectivity index (χ1) is 7.09. The Balaban J connectivity index is 2.59. The Bertz CT molecular complexity index is 501. The zero-order valence-corrected chi connectivity index (χ0v) is 8.31. The monoisotopic (exact) mass is 204 g/mol. The highest BCUT2D eigenvalue weighted by Crippen LogP contribution is 2.23. The third-order valence-corrected chi connectivity index (χ3v) is 2.21. The molecule has 0 bridgehead atoms. The summed E-state index contributed by atoms with van der Waals surface area (Å²) in [4.78, 5) is 0. The van der Waals surface area contributed by atoms with Crippen LogP contribution in [-0.4, -0.2) is 14.9 Å². The largest absolute Gasteiger partial charge is 0.399 e. The first-order valence-electron chi connectivity index (χ1n) is 4.42. The average Bonchev–Trinajstić information content (AvgIpc) is 2.49. The lowest BCUT2D eigenvalue weighted by Gasteiger charge is -2.05. The number of nitrogens with zero attached hydrogens (tertiary/aromatic N) is 3. The molecule has 15 heavy (non-hydrogen) atoms. The van der Waals surface area contributed by atoms with Crippen LogP contribution in [0.15, 0.2) is 18.2 Å². The molecule has 0 saturated carbocycles. The summed E-state index contributed by atoms with van der Waals surface area (Å²) in [6.07, 6.45) is 0. The average molecular weight is 204 g/mol. The van der Waals surface area contributed by atoms with Crippen LogP contribution in [0.25, 0.3) is 11.4 Å². The van der Waals surface area contributed by atoms with Gasteiger partial charge >= 0.3 is 0 Å². The summed E-state index contributed by atoms with van der Waals surface area (Å²) in [6.45, 7) is 1.93. The number of aryl methyl sites for hydroxylation is 1. The molecule has 0 radical (unpaired) electrons. The molecule has 0 fully saturated rings. The maximum Gasteiger partial charge on any atom is 0.241 e. The van der Waals surface area contributed by atoms with Gasteiger partial charge in [0, 0.05) is 11.3 Å². The molecule has 78 valence electrons. The molecule has 0 aliphatic heterocycles. The predicted molar refractivity (Wildman–Crippen MR) is 59.2 cm³/mol. The van der Waals surface area contributed by atoms with E-state index in [0.29, 0.717) is 11.5 Å². The number of hydrogen-bond donors (Lipinski definition) is 3. The van der Waals surface area contributed by atoms with E-state index in [1.165, 1.54) is 4.68 Å². The third-order valence-electron chi connectivity index (χ3n) is 2.21. The van der Waals surface area contributed by atoms with Gasteiger partial charge < -0.3 is 17.3 Å². The van der Waals surface area contributed by atoms with E-state index in [1.54, 1.807) is 6.07 Å². The fourth-order valence-electron chi connectivity index (χ4n) is 1.42. The van der Waals surface area contributed by atoms with Crippen LogP contribution in [0, 0.1) is 6.92 Å². The molecule has 2 rings (SSSR count). The van der Waals surface area contributed by atoms with Crippen LogP contribution in [0.4, 0.5) is 11.6 Å². The van der Waals surface area contributed by atoms with Gasteiger partial charge in [-0.2, -0.15) is 0 Å². The fraction of sp³-hybridized carbons (Fsp3) is 0.111. The molecular formula is C9H12N6. The molecular weight excluding hydrogens is 192 g/mol. The molecule has 0 atom stereocenters. The molecule has 1 heterocycles. The van der Waals surface area contributed by atoms with E-state index in [4.69, 9.17) is 17.3 Å². The topological polar surface area (TPSA) is 109 Å². The molecule has 1 aromatic heterocycles. The van der Waals surface area contributed by atoms with Gasteiger partial charge in [0.15, 0.2) is 5.82 Å². The van der Waals surface area contributed by atoms with E-state index in [0.717, 1.165) is 11.1 Å². The number of rotatable bonds is 1. The summed E-state index contributed by atoms with van der Waals surface area (Å²) in [5, 5.41) is 7.59. The third kappa shape index (κ3) is 1.45. The Morgan fingerprint density at radius 3 is 2.47 bits per heavy atom. The second-order valence-electron chi connectivity index (χ2n) is 3.33. The summed E-state index contributed by atoms with van der Waals surface area (Å²) in [5.41, 5.74) is 13.7. The highest BCUT2D eigenvalue weighted by atomic mass is 15.4. The van der Waals surface area contributed by atoms with Crippen LogP contribution in [0.5, 0.6) is 0 Å². The van der Waals surface area contributed by atoms with E-state index < -0.39 is 0 Å². The van der Waals surface area contributed by atoms with Crippen LogP contribution in [0.2, 0.25) is 0 Å². The summed E-state index contributed by atoms with van der Waals surface area (Å²) in [5.74, 6) is 6.39. The number of benzene rings is 1. The molecule has 0 spiro atoms. The van der Waals surface area contributed by atoms with Crippen molar-refractivity contribution in [3.05, 3.63) is 23.8 Å². The van der Waals surface area contributed by atoms with Crippen molar-refractivity contribution in [3.63, 3.8) is 0 Å². The maximum absolute atomic E-state index is 5.68. The fourth-order valence-corrected chi connectivity index (χ4v) is 1.42. The zero-order chi connectivity index (χ0) is 11.0. The second kappa shape index (κ2) is 3.16. The molecule has 6 heteroatoms. The molecule has 0 amide bonds. The van der Waals surface area contributed by atoms with Crippen molar-refractivity contribution in [1.82, 2.24) is 14.9 Å². The quantitative estimate of drug-likeness (QED) is 0.452. The van der Waals surface area contributed by atoms with Gasteiger partial charge in [-0.25, -0.2) is 4.68 Å². The molecule has 6 N–H and O–H groups in total.